The minimum atomic E-state index is -0.168. The van der Waals surface area contributed by atoms with Crippen LogP contribution in [0.4, 0.5) is 4.39 Å². The largest absolute Gasteiger partial charge is 0.313 e. The average Bonchev–Trinajstić information content (AvgIpc) is 2.44. The third-order valence-corrected chi connectivity index (χ3v) is 3.50. The van der Waals surface area contributed by atoms with Crippen molar-refractivity contribution in [2.75, 3.05) is 7.05 Å². The molecule has 1 N–H and O–H groups in total. The highest BCUT2D eigenvalue weighted by Crippen LogP contribution is 2.26. The van der Waals surface area contributed by atoms with Gasteiger partial charge in [0.2, 0.25) is 0 Å². The van der Waals surface area contributed by atoms with Crippen LogP contribution < -0.4 is 5.32 Å². The van der Waals surface area contributed by atoms with Gasteiger partial charge in [0.15, 0.2) is 0 Å². The van der Waals surface area contributed by atoms with Crippen molar-refractivity contribution in [3.63, 3.8) is 0 Å². The molecule has 19 heavy (non-hydrogen) atoms. The highest BCUT2D eigenvalue weighted by molar-refractivity contribution is 5.65. The molecule has 0 aliphatic heterocycles. The molecule has 0 aromatic heterocycles. The fraction of sp³-hybridized carbons (Fsp3) is 0.294. The van der Waals surface area contributed by atoms with Gasteiger partial charge in [-0.25, -0.2) is 4.39 Å². The smallest absolute Gasteiger partial charge is 0.131 e. The second-order valence-electron chi connectivity index (χ2n) is 4.85. The first-order valence-corrected chi connectivity index (χ1v) is 6.69. The quantitative estimate of drug-likeness (QED) is 0.852. The molecule has 0 heterocycles. The number of nitrogens with one attached hydrogen (secondary N) is 1. The van der Waals surface area contributed by atoms with Crippen LogP contribution in [0, 0.1) is 12.7 Å². The fourth-order valence-corrected chi connectivity index (χ4v) is 2.36. The zero-order chi connectivity index (χ0) is 13.8. The molecule has 1 unspecified atom stereocenters. The summed E-state index contributed by atoms with van der Waals surface area (Å²) >= 11 is 0. The van der Waals surface area contributed by atoms with Crippen LogP contribution in [0.1, 0.15) is 30.5 Å². The number of benzene rings is 2. The van der Waals surface area contributed by atoms with Crippen molar-refractivity contribution in [3.05, 3.63) is 59.4 Å². The van der Waals surface area contributed by atoms with Crippen LogP contribution in [0.25, 0.3) is 11.1 Å². The Morgan fingerprint density at radius 2 is 1.79 bits per heavy atom. The van der Waals surface area contributed by atoms with E-state index < -0.39 is 0 Å². The van der Waals surface area contributed by atoms with Crippen molar-refractivity contribution in [3.8, 4) is 11.1 Å². The molecule has 0 bridgehead atoms. The monoisotopic (exact) mass is 257 g/mol. The lowest BCUT2D eigenvalue weighted by molar-refractivity contribution is 0.577. The summed E-state index contributed by atoms with van der Waals surface area (Å²) in [5, 5.41) is 3.27. The van der Waals surface area contributed by atoms with Crippen molar-refractivity contribution in [1.29, 1.82) is 0 Å². The first-order valence-electron chi connectivity index (χ1n) is 6.69. The Morgan fingerprint density at radius 1 is 1.11 bits per heavy atom. The molecule has 1 atom stereocenters. The molecule has 2 rings (SSSR count). The number of hydrogen-bond donors (Lipinski definition) is 1. The maximum Gasteiger partial charge on any atom is 0.131 e. The summed E-state index contributed by atoms with van der Waals surface area (Å²) in [6.07, 6.45) is 1.04. The highest BCUT2D eigenvalue weighted by Gasteiger charge is 2.08. The minimum Gasteiger partial charge on any atom is -0.313 e. The summed E-state index contributed by atoms with van der Waals surface area (Å²) < 4.78 is 13.8. The third-order valence-electron chi connectivity index (χ3n) is 3.50. The zero-order valence-corrected chi connectivity index (χ0v) is 11.7. The second-order valence-corrected chi connectivity index (χ2v) is 4.85. The molecular formula is C17H20FN. The lowest BCUT2D eigenvalue weighted by Gasteiger charge is -2.15. The molecule has 0 aliphatic carbocycles. The SMILES string of the molecule is CCC(NC)c1ccc(-c2cc(C)ccc2F)cc1. The average molecular weight is 257 g/mol. The molecule has 0 aliphatic rings. The van der Waals surface area contributed by atoms with Gasteiger partial charge in [-0.3, -0.25) is 0 Å². The van der Waals surface area contributed by atoms with E-state index in [1.165, 1.54) is 11.6 Å². The molecule has 1 nitrogen and oxygen atoms in total. The third kappa shape index (κ3) is 3.02. The van der Waals surface area contributed by atoms with Crippen LogP contribution >= 0.6 is 0 Å². The van der Waals surface area contributed by atoms with Crippen molar-refractivity contribution in [1.82, 2.24) is 5.32 Å². The Bertz CT molecular complexity index is 542. The van der Waals surface area contributed by atoms with E-state index in [2.05, 4.69) is 24.4 Å². The second kappa shape index (κ2) is 5.98. The Morgan fingerprint density at radius 3 is 2.37 bits per heavy atom. The van der Waals surface area contributed by atoms with E-state index in [1.54, 1.807) is 6.07 Å². The van der Waals surface area contributed by atoms with E-state index >= 15 is 0 Å². The standard InChI is InChI=1S/C17H20FN/c1-4-17(19-3)14-8-6-13(7-9-14)15-11-12(2)5-10-16(15)18/h5-11,17,19H,4H2,1-3H3. The molecule has 2 aromatic carbocycles. The Hall–Kier alpha value is -1.67. The van der Waals surface area contributed by atoms with Gasteiger partial charge < -0.3 is 5.32 Å². The lowest BCUT2D eigenvalue weighted by atomic mass is 9.98. The van der Waals surface area contributed by atoms with E-state index in [0.29, 0.717) is 11.6 Å². The van der Waals surface area contributed by atoms with Gasteiger partial charge in [-0.1, -0.05) is 42.8 Å². The van der Waals surface area contributed by atoms with Gasteiger partial charge in [0.1, 0.15) is 5.82 Å². The first-order chi connectivity index (χ1) is 9.15. The molecule has 2 heteroatoms. The molecule has 0 spiro atoms. The van der Waals surface area contributed by atoms with Crippen molar-refractivity contribution >= 4 is 0 Å². The molecule has 0 amide bonds. The predicted octanol–water partition coefficient (Wildman–Crippen LogP) is 4.47. The van der Waals surface area contributed by atoms with Crippen LogP contribution in [0.15, 0.2) is 42.5 Å². The van der Waals surface area contributed by atoms with Crippen molar-refractivity contribution < 1.29 is 4.39 Å². The summed E-state index contributed by atoms with van der Waals surface area (Å²) in [5.41, 5.74) is 3.91. The fourth-order valence-electron chi connectivity index (χ4n) is 2.36. The summed E-state index contributed by atoms with van der Waals surface area (Å²) in [5.74, 6) is -0.168. The minimum absolute atomic E-state index is 0.168. The van der Waals surface area contributed by atoms with Crippen molar-refractivity contribution in [2.24, 2.45) is 0 Å². The lowest BCUT2D eigenvalue weighted by Crippen LogP contribution is -2.14. The van der Waals surface area contributed by atoms with Crippen LogP contribution in [0.5, 0.6) is 0 Å². The zero-order valence-electron chi connectivity index (χ0n) is 11.7. The van der Waals surface area contributed by atoms with Crippen LogP contribution in [0.2, 0.25) is 0 Å². The topological polar surface area (TPSA) is 12.0 Å². The summed E-state index contributed by atoms with van der Waals surface area (Å²) in [6, 6.07) is 13.7. The van der Waals surface area contributed by atoms with Gasteiger partial charge in [0.25, 0.3) is 0 Å². The number of halogens is 1. The van der Waals surface area contributed by atoms with Crippen molar-refractivity contribution in [2.45, 2.75) is 26.3 Å². The number of rotatable bonds is 4. The Labute approximate surface area is 114 Å². The van der Waals surface area contributed by atoms with E-state index in [4.69, 9.17) is 0 Å². The summed E-state index contributed by atoms with van der Waals surface area (Å²) in [7, 11) is 1.96. The molecule has 0 saturated carbocycles. The van der Waals surface area contributed by atoms with Gasteiger partial charge in [-0.05, 0) is 43.7 Å². The Kier molecular flexibility index (Phi) is 4.33. The van der Waals surface area contributed by atoms with Crippen LogP contribution in [0.3, 0.4) is 0 Å². The summed E-state index contributed by atoms with van der Waals surface area (Å²) in [6.45, 7) is 4.13. The molecular weight excluding hydrogens is 237 g/mol. The first kappa shape index (κ1) is 13.8. The van der Waals surface area contributed by atoms with Gasteiger partial charge in [0.05, 0.1) is 0 Å². The summed E-state index contributed by atoms with van der Waals surface area (Å²) in [4.78, 5) is 0. The van der Waals surface area contributed by atoms with Gasteiger partial charge in [-0.15, -0.1) is 0 Å². The molecule has 2 aromatic rings. The normalized spacial score (nSPS) is 12.4. The van der Waals surface area contributed by atoms with Crippen LogP contribution in [-0.4, -0.2) is 7.05 Å². The van der Waals surface area contributed by atoms with Crippen LogP contribution in [-0.2, 0) is 0 Å². The van der Waals surface area contributed by atoms with Gasteiger partial charge in [0, 0.05) is 11.6 Å². The maximum atomic E-state index is 13.8. The number of hydrogen-bond acceptors (Lipinski definition) is 1. The van der Waals surface area contributed by atoms with E-state index in [-0.39, 0.29) is 5.82 Å². The van der Waals surface area contributed by atoms with Gasteiger partial charge >= 0.3 is 0 Å². The van der Waals surface area contributed by atoms with E-state index in [0.717, 1.165) is 17.5 Å². The van der Waals surface area contributed by atoms with Gasteiger partial charge in [-0.2, -0.15) is 0 Å². The van der Waals surface area contributed by atoms with E-state index in [9.17, 15) is 4.39 Å². The maximum absolute atomic E-state index is 13.8. The number of aryl methyl sites for hydroxylation is 1. The molecule has 0 fully saturated rings. The highest BCUT2D eigenvalue weighted by atomic mass is 19.1. The predicted molar refractivity (Wildman–Crippen MR) is 78.7 cm³/mol. The molecule has 0 saturated heterocycles. The Balaban J connectivity index is 2.34. The van der Waals surface area contributed by atoms with E-state index in [1.807, 2.05) is 32.2 Å². The molecule has 100 valence electrons. The molecule has 0 radical (unpaired) electrons.